The first-order chi connectivity index (χ1) is 15.1. The fraction of sp³-hybridized carbons (Fsp3) is 0.261. The summed E-state index contributed by atoms with van der Waals surface area (Å²) in [6.07, 6.45) is 0. The largest absolute Gasteiger partial charge is 0.496 e. The number of allylic oxidation sites excluding steroid dienone is 1. The number of benzene rings is 2. The summed E-state index contributed by atoms with van der Waals surface area (Å²) in [4.78, 5) is 17.6. The van der Waals surface area contributed by atoms with Crippen LogP contribution in [0.25, 0.3) is 0 Å². The van der Waals surface area contributed by atoms with Gasteiger partial charge in [-0.2, -0.15) is 4.98 Å². The molecule has 0 amide bonds. The molecular formula is C23H24N4O3S. The van der Waals surface area contributed by atoms with Crippen molar-refractivity contribution >= 4 is 23.7 Å². The van der Waals surface area contributed by atoms with Gasteiger partial charge in [0.2, 0.25) is 11.1 Å². The van der Waals surface area contributed by atoms with Crippen molar-refractivity contribution in [2.75, 3.05) is 19.0 Å². The van der Waals surface area contributed by atoms with Crippen LogP contribution in [0, 0.1) is 0 Å². The number of methoxy groups -OCH3 is 1. The molecule has 1 aliphatic heterocycles. The Bertz CT molecular complexity index is 1110. The van der Waals surface area contributed by atoms with Gasteiger partial charge in [-0.15, -0.1) is 5.10 Å². The van der Waals surface area contributed by atoms with Gasteiger partial charge in [0.05, 0.1) is 19.3 Å². The molecule has 0 saturated heterocycles. The number of aromatic nitrogens is 3. The van der Waals surface area contributed by atoms with E-state index in [-0.39, 0.29) is 12.6 Å². The highest BCUT2D eigenvalue weighted by Crippen LogP contribution is 2.40. The van der Waals surface area contributed by atoms with Crippen molar-refractivity contribution in [3.63, 3.8) is 0 Å². The normalized spacial score (nSPS) is 15.3. The number of hydrogen-bond acceptors (Lipinski definition) is 7. The van der Waals surface area contributed by atoms with Crippen molar-refractivity contribution < 1.29 is 14.3 Å². The third-order valence-electron chi connectivity index (χ3n) is 4.97. The summed E-state index contributed by atoms with van der Waals surface area (Å²) in [5.41, 5.74) is 3.19. The molecule has 2 aromatic carbocycles. The van der Waals surface area contributed by atoms with Crippen molar-refractivity contribution in [2.24, 2.45) is 0 Å². The van der Waals surface area contributed by atoms with E-state index in [0.29, 0.717) is 28.1 Å². The van der Waals surface area contributed by atoms with Crippen molar-refractivity contribution in [2.45, 2.75) is 30.8 Å². The number of hydrogen-bond donors (Lipinski definition) is 1. The van der Waals surface area contributed by atoms with Gasteiger partial charge in [0.1, 0.15) is 11.8 Å². The minimum Gasteiger partial charge on any atom is -0.496 e. The van der Waals surface area contributed by atoms with E-state index in [1.807, 2.05) is 49.4 Å². The number of carbonyl (C=O) groups is 1. The minimum absolute atomic E-state index is 0.288. The molecule has 1 unspecified atom stereocenters. The number of nitrogens with zero attached hydrogens (tertiary/aromatic N) is 3. The van der Waals surface area contributed by atoms with Crippen LogP contribution in [-0.2, 0) is 15.3 Å². The van der Waals surface area contributed by atoms with Crippen LogP contribution in [0.4, 0.5) is 5.95 Å². The number of nitrogens with one attached hydrogen (secondary N) is 1. The summed E-state index contributed by atoms with van der Waals surface area (Å²) < 4.78 is 12.7. The second-order valence-corrected chi connectivity index (χ2v) is 7.91. The average molecular weight is 437 g/mol. The molecule has 8 heteroatoms. The van der Waals surface area contributed by atoms with Crippen molar-refractivity contribution in [1.29, 1.82) is 0 Å². The van der Waals surface area contributed by atoms with Crippen molar-refractivity contribution in [3.8, 4) is 5.75 Å². The molecule has 0 aliphatic carbocycles. The summed E-state index contributed by atoms with van der Waals surface area (Å²) in [7, 11) is 1.61. The SMILES string of the molecule is CCOC(=O)C1=C(C)Nc2nc(SCc3ccccc3)nn2C1c1ccccc1OC. The number of anilines is 1. The number of carbonyl (C=O) groups excluding carboxylic acids is 1. The molecule has 0 saturated carbocycles. The molecule has 160 valence electrons. The van der Waals surface area contributed by atoms with Crippen LogP contribution in [0.5, 0.6) is 5.75 Å². The van der Waals surface area contributed by atoms with E-state index in [2.05, 4.69) is 22.4 Å². The first-order valence-corrected chi connectivity index (χ1v) is 11.0. The minimum atomic E-state index is -0.509. The van der Waals surface area contributed by atoms with Gasteiger partial charge in [-0.1, -0.05) is 60.3 Å². The van der Waals surface area contributed by atoms with E-state index >= 15 is 0 Å². The summed E-state index contributed by atoms with van der Waals surface area (Å²) >= 11 is 1.55. The Kier molecular flexibility index (Phi) is 6.27. The zero-order chi connectivity index (χ0) is 21.8. The Labute approximate surface area is 185 Å². The Morgan fingerprint density at radius 2 is 1.90 bits per heavy atom. The maximum Gasteiger partial charge on any atom is 0.338 e. The lowest BCUT2D eigenvalue weighted by atomic mass is 9.95. The highest BCUT2D eigenvalue weighted by molar-refractivity contribution is 7.98. The zero-order valence-corrected chi connectivity index (χ0v) is 18.5. The predicted molar refractivity (Wildman–Crippen MR) is 120 cm³/mol. The van der Waals surface area contributed by atoms with Crippen LogP contribution in [0.3, 0.4) is 0 Å². The summed E-state index contributed by atoms with van der Waals surface area (Å²) in [5, 5.41) is 8.58. The lowest BCUT2D eigenvalue weighted by Crippen LogP contribution is -2.30. The lowest BCUT2D eigenvalue weighted by molar-refractivity contribution is -0.139. The number of fused-ring (bicyclic) bond motifs is 1. The molecule has 31 heavy (non-hydrogen) atoms. The number of para-hydroxylation sites is 1. The Hall–Kier alpha value is -3.26. The van der Waals surface area contributed by atoms with E-state index in [1.165, 1.54) is 5.56 Å². The predicted octanol–water partition coefficient (Wildman–Crippen LogP) is 4.43. The van der Waals surface area contributed by atoms with Gasteiger partial charge in [-0.25, -0.2) is 9.48 Å². The Morgan fingerprint density at radius 1 is 1.16 bits per heavy atom. The summed E-state index contributed by atoms with van der Waals surface area (Å²) in [6.45, 7) is 3.93. The molecule has 0 radical (unpaired) electrons. The van der Waals surface area contributed by atoms with Crippen LogP contribution in [0.1, 0.15) is 31.0 Å². The molecule has 7 nitrogen and oxygen atoms in total. The summed E-state index contributed by atoms with van der Waals surface area (Å²) in [5.74, 6) is 1.62. The van der Waals surface area contributed by atoms with Crippen molar-refractivity contribution in [3.05, 3.63) is 77.0 Å². The molecule has 2 heterocycles. The molecular weight excluding hydrogens is 412 g/mol. The van der Waals surface area contributed by atoms with Crippen LogP contribution in [0.2, 0.25) is 0 Å². The Balaban J connectivity index is 1.74. The molecule has 0 bridgehead atoms. The second kappa shape index (κ2) is 9.26. The van der Waals surface area contributed by atoms with Gasteiger partial charge in [0.15, 0.2) is 0 Å². The molecule has 1 aliphatic rings. The number of ether oxygens (including phenoxy) is 2. The third-order valence-corrected chi connectivity index (χ3v) is 5.88. The molecule has 4 rings (SSSR count). The summed E-state index contributed by atoms with van der Waals surface area (Å²) in [6, 6.07) is 17.3. The topological polar surface area (TPSA) is 78.3 Å². The quantitative estimate of drug-likeness (QED) is 0.434. The van der Waals surface area contributed by atoms with Crippen LogP contribution < -0.4 is 10.1 Å². The third kappa shape index (κ3) is 4.29. The fourth-order valence-electron chi connectivity index (χ4n) is 3.57. The first kappa shape index (κ1) is 21.0. The molecule has 3 aromatic rings. The van der Waals surface area contributed by atoms with Crippen LogP contribution in [0.15, 0.2) is 71.0 Å². The number of esters is 1. The van der Waals surface area contributed by atoms with E-state index < -0.39 is 6.04 Å². The van der Waals surface area contributed by atoms with E-state index in [4.69, 9.17) is 14.6 Å². The molecule has 1 N–H and O–H groups in total. The highest BCUT2D eigenvalue weighted by atomic mass is 32.2. The van der Waals surface area contributed by atoms with Crippen LogP contribution in [-0.4, -0.2) is 34.5 Å². The second-order valence-electron chi connectivity index (χ2n) is 6.97. The monoisotopic (exact) mass is 436 g/mol. The smallest absolute Gasteiger partial charge is 0.338 e. The van der Waals surface area contributed by atoms with E-state index in [9.17, 15) is 4.79 Å². The van der Waals surface area contributed by atoms with E-state index in [1.54, 1.807) is 30.5 Å². The maximum atomic E-state index is 12.9. The standard InChI is InChI=1S/C23H24N4O3S/c1-4-30-21(28)19-15(2)24-22-25-23(31-14-16-10-6-5-7-11-16)26-27(22)20(19)17-12-8-9-13-18(17)29-3/h5-13,20H,4,14H2,1-3H3,(H,24,25,26). The highest BCUT2D eigenvalue weighted by Gasteiger charge is 2.36. The van der Waals surface area contributed by atoms with Gasteiger partial charge in [0.25, 0.3) is 0 Å². The molecule has 1 aromatic heterocycles. The lowest BCUT2D eigenvalue weighted by Gasteiger charge is -2.28. The van der Waals surface area contributed by atoms with Gasteiger partial charge < -0.3 is 14.8 Å². The van der Waals surface area contributed by atoms with E-state index in [0.717, 1.165) is 11.3 Å². The fourth-order valence-corrected chi connectivity index (χ4v) is 4.35. The zero-order valence-electron chi connectivity index (χ0n) is 17.7. The molecule has 1 atom stereocenters. The molecule has 0 spiro atoms. The van der Waals surface area contributed by atoms with Gasteiger partial charge in [-0.05, 0) is 25.5 Å². The van der Waals surface area contributed by atoms with Gasteiger partial charge >= 0.3 is 5.97 Å². The molecule has 0 fully saturated rings. The number of rotatable bonds is 7. The number of thioether (sulfide) groups is 1. The van der Waals surface area contributed by atoms with Crippen molar-refractivity contribution in [1.82, 2.24) is 14.8 Å². The average Bonchev–Trinajstić information content (AvgIpc) is 3.20. The first-order valence-electron chi connectivity index (χ1n) is 10.0. The van der Waals surface area contributed by atoms with Gasteiger partial charge in [-0.3, -0.25) is 0 Å². The Morgan fingerprint density at radius 3 is 2.65 bits per heavy atom. The van der Waals surface area contributed by atoms with Gasteiger partial charge in [0, 0.05) is 17.0 Å². The maximum absolute atomic E-state index is 12.9. The van der Waals surface area contributed by atoms with Crippen LogP contribution >= 0.6 is 11.8 Å².